The van der Waals surface area contributed by atoms with E-state index in [1.807, 2.05) is 0 Å². The monoisotopic (exact) mass is 510 g/mol. The van der Waals surface area contributed by atoms with Gasteiger partial charge in [-0.05, 0) is 22.3 Å². The Balaban J connectivity index is 3.45. The Kier molecular flexibility index (Phi) is 8.95. The van der Waals surface area contributed by atoms with Gasteiger partial charge in [-0.25, -0.2) is 0 Å². The van der Waals surface area contributed by atoms with E-state index < -0.39 is 66.9 Å². The maximum atomic E-state index is 11.3. The third-order valence-corrected chi connectivity index (χ3v) is 5.42. The van der Waals surface area contributed by atoms with Gasteiger partial charge in [-0.3, -0.25) is 16.7 Å². The van der Waals surface area contributed by atoms with Gasteiger partial charge in [0, 0.05) is 0 Å². The van der Waals surface area contributed by atoms with Crippen LogP contribution in [0.25, 0.3) is 0 Å². The Morgan fingerprint density at radius 3 is 0.767 bits per heavy atom. The van der Waals surface area contributed by atoms with Gasteiger partial charge in [0.1, 0.15) is 0 Å². The molecule has 0 aliphatic carbocycles. The minimum atomic E-state index is -3.86. The zero-order valence-electron chi connectivity index (χ0n) is 16.5. The van der Waals surface area contributed by atoms with Crippen molar-refractivity contribution in [3.8, 4) is 0 Å². The smallest absolute Gasteiger partial charge is 0.264 e. The molecule has 0 bridgehead atoms. The lowest BCUT2D eigenvalue weighted by Gasteiger charge is -2.16. The van der Waals surface area contributed by atoms with Crippen LogP contribution in [0.1, 0.15) is 22.3 Å². The van der Waals surface area contributed by atoms with Crippen LogP contribution < -0.4 is 0 Å². The topological polar surface area (TPSA) is 173 Å². The molecule has 0 aliphatic rings. The number of hydrogen-bond donors (Lipinski definition) is 0. The van der Waals surface area contributed by atoms with Crippen LogP contribution in [0.15, 0.2) is 12.1 Å². The van der Waals surface area contributed by atoms with Crippen LogP contribution in [0.2, 0.25) is 0 Å². The normalized spacial score (nSPS) is 13.5. The minimum absolute atomic E-state index is 0.152. The van der Waals surface area contributed by atoms with E-state index in [2.05, 4.69) is 0 Å². The van der Waals surface area contributed by atoms with Gasteiger partial charge in [0.2, 0.25) is 0 Å². The summed E-state index contributed by atoms with van der Waals surface area (Å²) in [5, 5.41) is 0. The number of rotatable bonds is 12. The third-order valence-electron chi connectivity index (χ3n) is 3.24. The van der Waals surface area contributed by atoms with Crippen molar-refractivity contribution < 1.29 is 50.4 Å². The van der Waals surface area contributed by atoms with Crippen LogP contribution in [-0.4, -0.2) is 58.7 Å². The largest absolute Gasteiger partial charge is 0.265 e. The lowest BCUT2D eigenvalue weighted by atomic mass is 9.99. The van der Waals surface area contributed by atoms with Gasteiger partial charge in [-0.15, -0.1) is 0 Å². The highest BCUT2D eigenvalue weighted by atomic mass is 32.2. The highest BCUT2D eigenvalue weighted by Gasteiger charge is 2.17. The number of benzene rings is 1. The Labute approximate surface area is 176 Å². The molecule has 0 radical (unpaired) electrons. The van der Waals surface area contributed by atoms with Crippen molar-refractivity contribution in [1.29, 1.82) is 0 Å². The van der Waals surface area contributed by atoms with Crippen molar-refractivity contribution in [2.75, 3.05) is 25.0 Å². The van der Waals surface area contributed by atoms with Crippen molar-refractivity contribution in [2.24, 2.45) is 0 Å². The molecule has 0 aromatic heterocycles. The molecule has 0 saturated carbocycles. The molecule has 0 amide bonds. The molecule has 0 spiro atoms. The highest BCUT2D eigenvalue weighted by molar-refractivity contribution is 7.86. The van der Waals surface area contributed by atoms with Gasteiger partial charge in [0.05, 0.1) is 51.5 Å². The first kappa shape index (κ1) is 26.9. The fourth-order valence-corrected chi connectivity index (χ4v) is 3.38. The van der Waals surface area contributed by atoms with Crippen molar-refractivity contribution in [3.05, 3.63) is 34.4 Å². The summed E-state index contributed by atoms with van der Waals surface area (Å²) in [6.07, 6.45) is 3.23. The van der Waals surface area contributed by atoms with Crippen molar-refractivity contribution in [2.45, 2.75) is 26.4 Å². The molecule has 0 N–H and O–H groups in total. The average Bonchev–Trinajstić information content (AvgIpc) is 2.52. The van der Waals surface area contributed by atoms with Gasteiger partial charge in [0.25, 0.3) is 40.5 Å². The van der Waals surface area contributed by atoms with E-state index in [9.17, 15) is 33.7 Å². The van der Waals surface area contributed by atoms with Crippen LogP contribution in [0, 0.1) is 0 Å². The summed E-state index contributed by atoms with van der Waals surface area (Å²) in [7, 11) is -15.4. The Bertz CT molecular complexity index is 993. The molecule has 16 heteroatoms. The first-order chi connectivity index (χ1) is 13.3. The van der Waals surface area contributed by atoms with Crippen LogP contribution in [0.3, 0.4) is 0 Å². The quantitative estimate of drug-likeness (QED) is 0.333. The first-order valence-electron chi connectivity index (χ1n) is 7.86. The lowest BCUT2D eigenvalue weighted by molar-refractivity contribution is 0.283. The summed E-state index contributed by atoms with van der Waals surface area (Å²) < 4.78 is 109. The van der Waals surface area contributed by atoms with Gasteiger partial charge in [-0.2, -0.15) is 33.7 Å². The van der Waals surface area contributed by atoms with Crippen molar-refractivity contribution in [1.82, 2.24) is 0 Å². The predicted octanol–water partition coefficient (Wildman–Crippen LogP) is -0.409. The molecule has 174 valence electrons. The molecule has 0 unspecified atom stereocenters. The first-order valence-corrected chi connectivity index (χ1v) is 15.1. The van der Waals surface area contributed by atoms with Crippen molar-refractivity contribution >= 4 is 40.5 Å². The molecule has 0 fully saturated rings. The van der Waals surface area contributed by atoms with Crippen LogP contribution in [0.5, 0.6) is 0 Å². The summed E-state index contributed by atoms with van der Waals surface area (Å²) in [4.78, 5) is 0. The second-order valence-corrected chi connectivity index (χ2v) is 12.8. The SMILES string of the molecule is CS(=O)(=O)OCc1cc(COS(C)(=O)=O)c(COS(C)(=O)=O)cc1COS(C)(=O)=O. The van der Waals surface area contributed by atoms with Gasteiger partial charge >= 0.3 is 0 Å². The van der Waals surface area contributed by atoms with Crippen LogP contribution >= 0.6 is 0 Å². The van der Waals surface area contributed by atoms with Crippen molar-refractivity contribution in [3.63, 3.8) is 0 Å². The molecular formula is C14H22O12S4. The summed E-state index contributed by atoms with van der Waals surface area (Å²) in [5.74, 6) is 0. The molecule has 0 aliphatic heterocycles. The predicted molar refractivity (Wildman–Crippen MR) is 105 cm³/mol. The van der Waals surface area contributed by atoms with E-state index in [4.69, 9.17) is 16.7 Å². The summed E-state index contributed by atoms with van der Waals surface area (Å²) in [6, 6.07) is 2.58. The Morgan fingerprint density at radius 1 is 0.467 bits per heavy atom. The Hall–Kier alpha value is -1.14. The molecule has 0 atom stereocenters. The summed E-state index contributed by atoms with van der Waals surface area (Å²) in [5.41, 5.74) is 0.608. The molecule has 12 nitrogen and oxygen atoms in total. The molecule has 30 heavy (non-hydrogen) atoms. The molecule has 0 saturated heterocycles. The van der Waals surface area contributed by atoms with Gasteiger partial charge < -0.3 is 0 Å². The second kappa shape index (κ2) is 9.99. The van der Waals surface area contributed by atoms with Crippen LogP contribution in [-0.2, 0) is 83.6 Å². The van der Waals surface area contributed by atoms with E-state index in [0.717, 1.165) is 25.0 Å². The van der Waals surface area contributed by atoms with Gasteiger partial charge in [0.15, 0.2) is 0 Å². The fourth-order valence-electron chi connectivity index (χ4n) is 2.01. The lowest BCUT2D eigenvalue weighted by Crippen LogP contribution is -2.12. The standard InChI is InChI=1S/C14H22O12S4/c1-27(15,16)23-7-11-5-13(9-25-29(3,19)20)14(10-26-30(4,21)22)6-12(11)8-24-28(2,17)18/h5-6H,7-10H2,1-4H3. The number of hydrogen-bond acceptors (Lipinski definition) is 12. The molecule has 1 aromatic rings. The zero-order valence-corrected chi connectivity index (χ0v) is 19.8. The molecule has 0 heterocycles. The zero-order chi connectivity index (χ0) is 23.4. The van der Waals surface area contributed by atoms with E-state index >= 15 is 0 Å². The fraction of sp³-hybridized carbons (Fsp3) is 0.571. The maximum Gasteiger partial charge on any atom is 0.264 e. The van der Waals surface area contributed by atoms with E-state index in [0.29, 0.717) is 0 Å². The van der Waals surface area contributed by atoms with E-state index in [-0.39, 0.29) is 22.3 Å². The van der Waals surface area contributed by atoms with E-state index in [1.165, 1.54) is 12.1 Å². The Morgan fingerprint density at radius 2 is 0.633 bits per heavy atom. The van der Waals surface area contributed by atoms with Crippen LogP contribution in [0.4, 0.5) is 0 Å². The van der Waals surface area contributed by atoms with E-state index in [1.54, 1.807) is 0 Å². The second-order valence-electron chi connectivity index (χ2n) is 6.25. The maximum absolute atomic E-state index is 11.3. The molecule has 1 rings (SSSR count). The molecule has 1 aromatic carbocycles. The van der Waals surface area contributed by atoms with Gasteiger partial charge in [-0.1, -0.05) is 12.1 Å². The average molecular weight is 511 g/mol. The summed E-state index contributed by atoms with van der Waals surface area (Å²) in [6.45, 7) is -2.05. The summed E-state index contributed by atoms with van der Waals surface area (Å²) >= 11 is 0. The minimum Gasteiger partial charge on any atom is -0.265 e. The third kappa shape index (κ3) is 11.9. The molecular weight excluding hydrogens is 488 g/mol. The highest BCUT2D eigenvalue weighted by Crippen LogP contribution is 2.23.